The predicted octanol–water partition coefficient (Wildman–Crippen LogP) is 2.23. The molecule has 2 saturated heterocycles. The SMILES string of the molecule is CC[C@@H]1C2[C@H](C)C(CN1C)[C@@H]2C. The van der Waals surface area contributed by atoms with Gasteiger partial charge in [0.2, 0.25) is 0 Å². The summed E-state index contributed by atoms with van der Waals surface area (Å²) < 4.78 is 0. The lowest BCUT2D eigenvalue weighted by Gasteiger charge is -2.61. The zero-order valence-electron chi connectivity index (χ0n) is 8.75. The summed E-state index contributed by atoms with van der Waals surface area (Å²) >= 11 is 0. The second-order valence-electron chi connectivity index (χ2n) is 4.87. The lowest BCUT2D eigenvalue weighted by Crippen LogP contribution is -2.63. The van der Waals surface area contributed by atoms with Crippen LogP contribution < -0.4 is 0 Å². The van der Waals surface area contributed by atoms with Crippen molar-refractivity contribution in [1.29, 1.82) is 0 Å². The molecule has 3 fully saturated rings. The zero-order chi connectivity index (χ0) is 8.88. The maximum atomic E-state index is 2.58. The largest absolute Gasteiger partial charge is 0.303 e. The van der Waals surface area contributed by atoms with E-state index in [1.54, 1.807) is 0 Å². The molecule has 3 aliphatic rings. The van der Waals surface area contributed by atoms with Crippen molar-refractivity contribution >= 4 is 0 Å². The summed E-state index contributed by atoms with van der Waals surface area (Å²) in [5.74, 6) is 4.00. The zero-order valence-corrected chi connectivity index (χ0v) is 8.75. The van der Waals surface area contributed by atoms with Crippen molar-refractivity contribution in [3.63, 3.8) is 0 Å². The van der Waals surface area contributed by atoms with Gasteiger partial charge in [-0.3, -0.25) is 0 Å². The van der Waals surface area contributed by atoms with Crippen molar-refractivity contribution in [3.8, 4) is 0 Å². The Morgan fingerprint density at radius 2 is 1.83 bits per heavy atom. The fourth-order valence-corrected chi connectivity index (χ4v) is 3.76. The minimum absolute atomic E-state index is 0.875. The van der Waals surface area contributed by atoms with E-state index in [1.165, 1.54) is 13.0 Å². The maximum absolute atomic E-state index is 2.58. The van der Waals surface area contributed by atoms with Gasteiger partial charge in [0, 0.05) is 12.6 Å². The van der Waals surface area contributed by atoms with Crippen LogP contribution in [0.2, 0.25) is 0 Å². The molecule has 0 aromatic carbocycles. The lowest BCUT2D eigenvalue weighted by atomic mass is 9.52. The first kappa shape index (κ1) is 8.55. The van der Waals surface area contributed by atoms with Crippen molar-refractivity contribution in [2.45, 2.75) is 33.2 Å². The molecule has 0 aromatic heterocycles. The van der Waals surface area contributed by atoms with Crippen LogP contribution in [0.3, 0.4) is 0 Å². The van der Waals surface area contributed by atoms with E-state index in [-0.39, 0.29) is 0 Å². The van der Waals surface area contributed by atoms with Gasteiger partial charge in [0.05, 0.1) is 0 Å². The highest BCUT2D eigenvalue weighted by Gasteiger charge is 2.53. The van der Waals surface area contributed by atoms with Gasteiger partial charge in [0.1, 0.15) is 0 Å². The standard InChI is InChI=1S/C11H21N/c1-5-10-11-7(2)9(8(11)3)6-12(10)4/h7-11H,5-6H2,1-4H3/t7-,8+,9?,10-,11?/m1/s1. The van der Waals surface area contributed by atoms with E-state index in [0.29, 0.717) is 0 Å². The lowest BCUT2D eigenvalue weighted by molar-refractivity contribution is -0.124. The molecular formula is C11H21N. The van der Waals surface area contributed by atoms with Gasteiger partial charge in [0.15, 0.2) is 0 Å². The first-order valence-corrected chi connectivity index (χ1v) is 5.37. The van der Waals surface area contributed by atoms with Crippen molar-refractivity contribution in [1.82, 2.24) is 4.90 Å². The third kappa shape index (κ3) is 0.891. The maximum Gasteiger partial charge on any atom is 0.0123 e. The van der Waals surface area contributed by atoms with E-state index in [0.717, 1.165) is 29.7 Å². The summed E-state index contributed by atoms with van der Waals surface area (Å²) in [7, 11) is 2.30. The van der Waals surface area contributed by atoms with E-state index in [4.69, 9.17) is 0 Å². The highest BCUT2D eigenvalue weighted by molar-refractivity contribution is 5.03. The summed E-state index contributed by atoms with van der Waals surface area (Å²) in [4.78, 5) is 2.58. The summed E-state index contributed by atoms with van der Waals surface area (Å²) in [5, 5.41) is 0. The minimum atomic E-state index is 0.875. The summed E-state index contributed by atoms with van der Waals surface area (Å²) in [6.07, 6.45) is 1.34. The van der Waals surface area contributed by atoms with Crippen molar-refractivity contribution in [3.05, 3.63) is 0 Å². The quantitative estimate of drug-likeness (QED) is 0.579. The number of hydrogen-bond donors (Lipinski definition) is 0. The van der Waals surface area contributed by atoms with Gasteiger partial charge < -0.3 is 4.90 Å². The fourth-order valence-electron chi connectivity index (χ4n) is 3.76. The first-order chi connectivity index (χ1) is 5.66. The number of fused-ring (bicyclic) bond motifs is 2. The third-order valence-electron chi connectivity index (χ3n) is 4.49. The number of rotatable bonds is 1. The first-order valence-electron chi connectivity index (χ1n) is 5.37. The molecule has 0 amide bonds. The molecule has 0 N–H and O–H groups in total. The van der Waals surface area contributed by atoms with Crippen LogP contribution in [0.4, 0.5) is 0 Å². The van der Waals surface area contributed by atoms with E-state index < -0.39 is 0 Å². The molecule has 1 saturated carbocycles. The molecule has 2 bridgehead atoms. The normalized spacial score (nSPS) is 53.5. The summed E-state index contributed by atoms with van der Waals surface area (Å²) in [5.41, 5.74) is 0. The van der Waals surface area contributed by atoms with E-state index >= 15 is 0 Å². The molecule has 0 aromatic rings. The van der Waals surface area contributed by atoms with Gasteiger partial charge >= 0.3 is 0 Å². The Morgan fingerprint density at radius 1 is 1.25 bits per heavy atom. The summed E-state index contributed by atoms with van der Waals surface area (Å²) in [6, 6.07) is 0.875. The van der Waals surface area contributed by atoms with Crippen LogP contribution in [0, 0.1) is 23.7 Å². The fraction of sp³-hybridized carbons (Fsp3) is 1.00. The Bertz CT molecular complexity index is 162. The van der Waals surface area contributed by atoms with Gasteiger partial charge in [-0.1, -0.05) is 20.8 Å². The van der Waals surface area contributed by atoms with Crippen LogP contribution in [0.1, 0.15) is 27.2 Å². The highest BCUT2D eigenvalue weighted by atomic mass is 15.2. The van der Waals surface area contributed by atoms with Crippen LogP contribution in [0.5, 0.6) is 0 Å². The third-order valence-corrected chi connectivity index (χ3v) is 4.49. The van der Waals surface area contributed by atoms with Crippen molar-refractivity contribution in [2.75, 3.05) is 13.6 Å². The molecule has 0 spiro atoms. The molecule has 1 aliphatic carbocycles. The predicted molar refractivity (Wildman–Crippen MR) is 52.0 cm³/mol. The molecular weight excluding hydrogens is 146 g/mol. The monoisotopic (exact) mass is 167 g/mol. The molecule has 2 heterocycles. The van der Waals surface area contributed by atoms with Crippen molar-refractivity contribution < 1.29 is 0 Å². The average molecular weight is 167 g/mol. The van der Waals surface area contributed by atoms with Gasteiger partial charge in [-0.25, -0.2) is 0 Å². The number of nitrogens with zero attached hydrogens (tertiary/aromatic N) is 1. The smallest absolute Gasteiger partial charge is 0.0123 e. The minimum Gasteiger partial charge on any atom is -0.303 e. The molecule has 5 atom stereocenters. The molecule has 1 nitrogen and oxygen atoms in total. The van der Waals surface area contributed by atoms with Crippen LogP contribution in [0.15, 0.2) is 0 Å². The molecule has 1 heteroatoms. The van der Waals surface area contributed by atoms with E-state index in [9.17, 15) is 0 Å². The van der Waals surface area contributed by atoms with Crippen LogP contribution >= 0.6 is 0 Å². The Balaban J connectivity index is 2.13. The van der Waals surface area contributed by atoms with E-state index in [2.05, 4.69) is 32.7 Å². The second kappa shape index (κ2) is 2.73. The average Bonchev–Trinajstić information content (AvgIpc) is 2.08. The molecule has 0 radical (unpaired) electrons. The van der Waals surface area contributed by atoms with Gasteiger partial charge in [0.25, 0.3) is 0 Å². The van der Waals surface area contributed by atoms with Crippen LogP contribution in [-0.2, 0) is 0 Å². The Labute approximate surface area is 76.1 Å². The highest BCUT2D eigenvalue weighted by Crippen LogP contribution is 2.53. The number of hydrogen-bond acceptors (Lipinski definition) is 1. The Hall–Kier alpha value is -0.0400. The molecule has 2 aliphatic heterocycles. The summed E-state index contributed by atoms with van der Waals surface area (Å²) in [6.45, 7) is 8.58. The van der Waals surface area contributed by atoms with Gasteiger partial charge in [-0.05, 0) is 37.1 Å². The topological polar surface area (TPSA) is 3.24 Å². The van der Waals surface area contributed by atoms with Crippen molar-refractivity contribution in [2.24, 2.45) is 23.7 Å². The van der Waals surface area contributed by atoms with Gasteiger partial charge in [-0.15, -0.1) is 0 Å². The molecule has 2 unspecified atom stereocenters. The van der Waals surface area contributed by atoms with Gasteiger partial charge in [-0.2, -0.15) is 0 Å². The molecule has 70 valence electrons. The molecule has 12 heavy (non-hydrogen) atoms. The van der Waals surface area contributed by atoms with Crippen LogP contribution in [0.25, 0.3) is 0 Å². The molecule has 3 rings (SSSR count). The Morgan fingerprint density at radius 3 is 2.25 bits per heavy atom. The number of piperidine rings is 2. The second-order valence-corrected chi connectivity index (χ2v) is 4.87. The van der Waals surface area contributed by atoms with Crippen LogP contribution in [-0.4, -0.2) is 24.5 Å². The Kier molecular flexibility index (Phi) is 1.95. The van der Waals surface area contributed by atoms with E-state index in [1.807, 2.05) is 0 Å².